The standard InChI is InChI=1S/C21H36N6O2.HI/c1-4-28-12-7-11-22-20(23-14-17-26-25-15(2)27(17)3)24-18-16-8-13-29-19(16)21(18)9-5-6-10-21;/h16,18-19H,4-14H2,1-3H3,(H2,22,23,24);1H. The largest absolute Gasteiger partial charge is 0.382 e. The number of aliphatic imine (C=N–C) groups is 1. The minimum Gasteiger partial charge on any atom is -0.382 e. The zero-order valence-electron chi connectivity index (χ0n) is 18.5. The molecule has 9 heteroatoms. The molecule has 170 valence electrons. The molecule has 2 saturated carbocycles. The van der Waals surface area contributed by atoms with Crippen LogP contribution in [-0.4, -0.2) is 59.2 Å². The first kappa shape index (κ1) is 23.7. The van der Waals surface area contributed by atoms with Crippen molar-refractivity contribution in [3.63, 3.8) is 0 Å². The van der Waals surface area contributed by atoms with Crippen LogP contribution in [0.2, 0.25) is 0 Å². The molecule has 1 saturated heterocycles. The second kappa shape index (κ2) is 10.6. The minimum atomic E-state index is 0. The Hall–Kier alpha value is -0.940. The highest BCUT2D eigenvalue weighted by Crippen LogP contribution is 2.60. The SMILES string of the molecule is CCOCCCNC(=NCc1nnc(C)n1C)NC1C2CCOC2C12CCCC2.I. The van der Waals surface area contributed by atoms with Gasteiger partial charge in [-0.15, -0.1) is 34.2 Å². The maximum atomic E-state index is 6.14. The van der Waals surface area contributed by atoms with Gasteiger partial charge in [0.25, 0.3) is 0 Å². The quantitative estimate of drug-likeness (QED) is 0.232. The molecule has 3 atom stereocenters. The van der Waals surface area contributed by atoms with Crippen LogP contribution in [0, 0.1) is 18.3 Å². The molecular weight excluding hydrogens is 495 g/mol. The van der Waals surface area contributed by atoms with E-state index in [9.17, 15) is 0 Å². The first-order valence-corrected chi connectivity index (χ1v) is 11.2. The van der Waals surface area contributed by atoms with E-state index in [1.807, 2.05) is 25.5 Å². The van der Waals surface area contributed by atoms with Crippen molar-refractivity contribution in [2.24, 2.45) is 23.4 Å². The smallest absolute Gasteiger partial charge is 0.191 e. The predicted octanol–water partition coefficient (Wildman–Crippen LogP) is 2.55. The van der Waals surface area contributed by atoms with Gasteiger partial charge < -0.3 is 24.7 Å². The van der Waals surface area contributed by atoms with Crippen molar-refractivity contribution in [3.05, 3.63) is 11.6 Å². The molecule has 0 bridgehead atoms. The Balaban J connectivity index is 0.00000256. The van der Waals surface area contributed by atoms with E-state index in [-0.39, 0.29) is 24.0 Å². The molecule has 3 aliphatic rings. The van der Waals surface area contributed by atoms with Gasteiger partial charge in [0.15, 0.2) is 11.8 Å². The van der Waals surface area contributed by atoms with E-state index in [1.165, 1.54) is 25.7 Å². The molecule has 1 aromatic rings. The topological polar surface area (TPSA) is 85.6 Å². The number of hydrogen-bond acceptors (Lipinski definition) is 5. The van der Waals surface area contributed by atoms with Crippen LogP contribution in [0.4, 0.5) is 0 Å². The lowest BCUT2D eigenvalue weighted by Gasteiger charge is -2.57. The molecule has 2 heterocycles. The molecule has 4 rings (SSSR count). The average Bonchev–Trinajstić information content (AvgIpc) is 3.45. The number of rotatable bonds is 8. The molecule has 1 aromatic heterocycles. The Morgan fingerprint density at radius 1 is 1.33 bits per heavy atom. The third-order valence-corrected chi connectivity index (χ3v) is 7.10. The summed E-state index contributed by atoms with van der Waals surface area (Å²) in [6.45, 7) is 7.79. The highest BCUT2D eigenvalue weighted by Gasteiger charge is 2.65. The normalized spacial score (nSPS) is 26.9. The number of hydrogen-bond donors (Lipinski definition) is 2. The minimum absolute atomic E-state index is 0. The number of fused-ring (bicyclic) bond motifs is 2. The van der Waals surface area contributed by atoms with Gasteiger partial charge in [-0.05, 0) is 39.5 Å². The van der Waals surface area contributed by atoms with Gasteiger partial charge in [0.05, 0.1) is 6.10 Å². The molecule has 2 aliphatic carbocycles. The molecule has 1 aliphatic heterocycles. The van der Waals surface area contributed by atoms with Gasteiger partial charge in [-0.3, -0.25) is 0 Å². The molecule has 0 radical (unpaired) electrons. The summed E-state index contributed by atoms with van der Waals surface area (Å²) in [6.07, 6.45) is 7.74. The van der Waals surface area contributed by atoms with E-state index >= 15 is 0 Å². The third-order valence-electron chi connectivity index (χ3n) is 7.10. The number of ether oxygens (including phenoxy) is 2. The third kappa shape index (κ3) is 4.62. The van der Waals surface area contributed by atoms with Gasteiger partial charge in [-0.1, -0.05) is 12.8 Å². The van der Waals surface area contributed by atoms with Crippen molar-refractivity contribution >= 4 is 29.9 Å². The fourth-order valence-electron chi connectivity index (χ4n) is 5.47. The van der Waals surface area contributed by atoms with Gasteiger partial charge in [0.2, 0.25) is 0 Å². The van der Waals surface area contributed by atoms with Crippen molar-refractivity contribution < 1.29 is 9.47 Å². The van der Waals surface area contributed by atoms with Crippen LogP contribution in [0.5, 0.6) is 0 Å². The Morgan fingerprint density at radius 2 is 2.13 bits per heavy atom. The van der Waals surface area contributed by atoms with E-state index in [0.717, 1.165) is 56.8 Å². The van der Waals surface area contributed by atoms with Crippen molar-refractivity contribution in [2.45, 2.75) is 71.1 Å². The second-order valence-electron chi connectivity index (χ2n) is 8.67. The zero-order chi connectivity index (χ0) is 20.3. The summed E-state index contributed by atoms with van der Waals surface area (Å²) >= 11 is 0. The molecule has 2 N–H and O–H groups in total. The number of aryl methyl sites for hydroxylation is 1. The Labute approximate surface area is 197 Å². The maximum Gasteiger partial charge on any atom is 0.191 e. The van der Waals surface area contributed by atoms with Gasteiger partial charge in [-0.25, -0.2) is 4.99 Å². The van der Waals surface area contributed by atoms with Crippen LogP contribution in [0.3, 0.4) is 0 Å². The fraction of sp³-hybridized carbons (Fsp3) is 0.857. The first-order chi connectivity index (χ1) is 14.2. The van der Waals surface area contributed by atoms with Crippen LogP contribution in [0.1, 0.15) is 57.1 Å². The summed E-state index contributed by atoms with van der Waals surface area (Å²) in [5.74, 6) is 3.28. The second-order valence-corrected chi connectivity index (χ2v) is 8.67. The lowest BCUT2D eigenvalue weighted by molar-refractivity contribution is -0.125. The molecule has 0 aromatic carbocycles. The van der Waals surface area contributed by atoms with Crippen molar-refractivity contribution in [1.82, 2.24) is 25.4 Å². The average molecular weight is 532 g/mol. The molecule has 30 heavy (non-hydrogen) atoms. The summed E-state index contributed by atoms with van der Waals surface area (Å²) in [4.78, 5) is 4.87. The molecule has 1 spiro atoms. The number of guanidine groups is 1. The summed E-state index contributed by atoms with van der Waals surface area (Å²) in [5, 5.41) is 15.7. The predicted molar refractivity (Wildman–Crippen MR) is 127 cm³/mol. The lowest BCUT2D eigenvalue weighted by atomic mass is 9.54. The molecular formula is C21H37IN6O2. The first-order valence-electron chi connectivity index (χ1n) is 11.2. The monoisotopic (exact) mass is 532 g/mol. The number of halogens is 1. The van der Waals surface area contributed by atoms with E-state index < -0.39 is 0 Å². The maximum absolute atomic E-state index is 6.14. The van der Waals surface area contributed by atoms with Crippen LogP contribution >= 0.6 is 24.0 Å². The van der Waals surface area contributed by atoms with Crippen molar-refractivity contribution in [3.8, 4) is 0 Å². The van der Waals surface area contributed by atoms with Crippen LogP contribution in [0.25, 0.3) is 0 Å². The summed E-state index contributed by atoms with van der Waals surface area (Å²) in [5.41, 5.74) is 0.302. The molecule has 8 nitrogen and oxygen atoms in total. The van der Waals surface area contributed by atoms with E-state index in [4.69, 9.17) is 14.5 Å². The highest BCUT2D eigenvalue weighted by atomic mass is 127. The summed E-state index contributed by atoms with van der Waals surface area (Å²) in [7, 11) is 1.99. The number of nitrogens with one attached hydrogen (secondary N) is 2. The summed E-state index contributed by atoms with van der Waals surface area (Å²) in [6, 6.07) is 0.455. The Kier molecular flexibility index (Phi) is 8.37. The number of aromatic nitrogens is 3. The molecule has 0 amide bonds. The zero-order valence-corrected chi connectivity index (χ0v) is 20.9. The highest BCUT2D eigenvalue weighted by molar-refractivity contribution is 14.0. The van der Waals surface area contributed by atoms with E-state index in [2.05, 4.69) is 20.8 Å². The summed E-state index contributed by atoms with van der Waals surface area (Å²) < 4.78 is 13.6. The van der Waals surface area contributed by atoms with Crippen LogP contribution in [-0.2, 0) is 23.1 Å². The van der Waals surface area contributed by atoms with E-state index in [0.29, 0.717) is 30.0 Å². The fourth-order valence-corrected chi connectivity index (χ4v) is 5.47. The Bertz CT molecular complexity index is 718. The van der Waals surface area contributed by atoms with Gasteiger partial charge in [0, 0.05) is 50.8 Å². The Morgan fingerprint density at radius 3 is 2.83 bits per heavy atom. The molecule has 3 unspecified atom stereocenters. The van der Waals surface area contributed by atoms with Gasteiger partial charge >= 0.3 is 0 Å². The van der Waals surface area contributed by atoms with Crippen LogP contribution in [0.15, 0.2) is 4.99 Å². The van der Waals surface area contributed by atoms with Crippen LogP contribution < -0.4 is 10.6 Å². The van der Waals surface area contributed by atoms with E-state index in [1.54, 1.807) is 0 Å². The lowest BCUT2D eigenvalue weighted by Crippen LogP contribution is -2.69. The number of nitrogens with zero attached hydrogens (tertiary/aromatic N) is 4. The van der Waals surface area contributed by atoms with Gasteiger partial charge in [0.1, 0.15) is 12.4 Å². The van der Waals surface area contributed by atoms with Crippen molar-refractivity contribution in [2.75, 3.05) is 26.4 Å². The van der Waals surface area contributed by atoms with Crippen molar-refractivity contribution in [1.29, 1.82) is 0 Å². The molecule has 3 fully saturated rings. The van der Waals surface area contributed by atoms with Gasteiger partial charge in [-0.2, -0.15) is 0 Å².